The summed E-state index contributed by atoms with van der Waals surface area (Å²) in [6.45, 7) is 9.81. The Hall–Kier alpha value is -1.02. The standard InChI is InChI=1S/C16H28N2/c1-12(2)15-9-8-13(3)16(11-15)18(5)10-6-7-14(4)17/h8-9,11-12,14H,6-7,10,17H2,1-5H3. The Morgan fingerprint density at radius 2 is 1.89 bits per heavy atom. The van der Waals surface area contributed by atoms with Gasteiger partial charge in [-0.2, -0.15) is 0 Å². The summed E-state index contributed by atoms with van der Waals surface area (Å²) < 4.78 is 0. The second kappa shape index (κ2) is 6.79. The highest BCUT2D eigenvalue weighted by Crippen LogP contribution is 2.25. The molecule has 0 heterocycles. The average Bonchev–Trinajstić information content (AvgIpc) is 2.28. The van der Waals surface area contributed by atoms with Gasteiger partial charge < -0.3 is 10.6 Å². The summed E-state index contributed by atoms with van der Waals surface area (Å²) in [5.41, 5.74) is 9.91. The van der Waals surface area contributed by atoms with Gasteiger partial charge >= 0.3 is 0 Å². The third kappa shape index (κ3) is 4.34. The Morgan fingerprint density at radius 1 is 1.22 bits per heavy atom. The molecular weight excluding hydrogens is 220 g/mol. The van der Waals surface area contributed by atoms with Gasteiger partial charge in [0.25, 0.3) is 0 Å². The van der Waals surface area contributed by atoms with E-state index in [-0.39, 0.29) is 0 Å². The van der Waals surface area contributed by atoms with Gasteiger partial charge in [-0.1, -0.05) is 26.0 Å². The summed E-state index contributed by atoms with van der Waals surface area (Å²) in [7, 11) is 2.17. The lowest BCUT2D eigenvalue weighted by Gasteiger charge is -2.23. The van der Waals surface area contributed by atoms with Gasteiger partial charge in [-0.05, 0) is 49.8 Å². The maximum Gasteiger partial charge on any atom is 0.0396 e. The highest BCUT2D eigenvalue weighted by molar-refractivity contribution is 5.54. The summed E-state index contributed by atoms with van der Waals surface area (Å²) in [6.07, 6.45) is 2.24. The van der Waals surface area contributed by atoms with Crippen LogP contribution in [-0.2, 0) is 0 Å². The Balaban J connectivity index is 2.71. The first-order chi connectivity index (χ1) is 8.41. The quantitative estimate of drug-likeness (QED) is 0.832. The lowest BCUT2D eigenvalue weighted by Crippen LogP contribution is -2.22. The molecule has 102 valence electrons. The maximum atomic E-state index is 5.79. The zero-order valence-electron chi connectivity index (χ0n) is 12.5. The van der Waals surface area contributed by atoms with E-state index in [2.05, 4.69) is 57.8 Å². The van der Waals surface area contributed by atoms with Crippen molar-refractivity contribution in [3.63, 3.8) is 0 Å². The first-order valence-electron chi connectivity index (χ1n) is 6.99. The molecule has 0 spiro atoms. The monoisotopic (exact) mass is 248 g/mol. The predicted molar refractivity (Wildman–Crippen MR) is 81.4 cm³/mol. The van der Waals surface area contributed by atoms with Crippen LogP contribution in [0.4, 0.5) is 5.69 Å². The van der Waals surface area contributed by atoms with Crippen LogP contribution < -0.4 is 10.6 Å². The summed E-state index contributed by atoms with van der Waals surface area (Å²) >= 11 is 0. The zero-order valence-corrected chi connectivity index (χ0v) is 12.5. The predicted octanol–water partition coefficient (Wildman–Crippen LogP) is 3.68. The van der Waals surface area contributed by atoms with Crippen molar-refractivity contribution in [1.29, 1.82) is 0 Å². The summed E-state index contributed by atoms with van der Waals surface area (Å²) in [6, 6.07) is 7.10. The van der Waals surface area contributed by atoms with Crippen LogP contribution in [0.2, 0.25) is 0 Å². The Bertz CT molecular complexity index is 369. The van der Waals surface area contributed by atoms with E-state index in [1.807, 2.05) is 0 Å². The normalized spacial score (nSPS) is 12.8. The van der Waals surface area contributed by atoms with Gasteiger partial charge in [0.05, 0.1) is 0 Å². The molecule has 0 aromatic heterocycles. The van der Waals surface area contributed by atoms with Crippen molar-refractivity contribution in [2.45, 2.75) is 52.5 Å². The van der Waals surface area contributed by atoms with E-state index < -0.39 is 0 Å². The first kappa shape index (κ1) is 15.0. The third-order valence-electron chi connectivity index (χ3n) is 3.46. The molecule has 18 heavy (non-hydrogen) atoms. The fourth-order valence-corrected chi connectivity index (χ4v) is 2.17. The van der Waals surface area contributed by atoms with Crippen LogP contribution in [0.5, 0.6) is 0 Å². The van der Waals surface area contributed by atoms with Crippen LogP contribution in [0.25, 0.3) is 0 Å². The first-order valence-corrected chi connectivity index (χ1v) is 6.99. The molecule has 0 saturated carbocycles. The van der Waals surface area contributed by atoms with Crippen LogP contribution >= 0.6 is 0 Å². The second-order valence-electron chi connectivity index (χ2n) is 5.74. The SMILES string of the molecule is Cc1ccc(C(C)C)cc1N(C)CCCC(C)N. The topological polar surface area (TPSA) is 29.3 Å². The van der Waals surface area contributed by atoms with Crippen molar-refractivity contribution >= 4 is 5.69 Å². The van der Waals surface area contributed by atoms with Crippen molar-refractivity contribution in [3.05, 3.63) is 29.3 Å². The molecule has 0 aliphatic heterocycles. The van der Waals surface area contributed by atoms with Crippen molar-refractivity contribution < 1.29 is 0 Å². The molecule has 2 nitrogen and oxygen atoms in total. The van der Waals surface area contributed by atoms with E-state index >= 15 is 0 Å². The summed E-state index contributed by atoms with van der Waals surface area (Å²) in [5.74, 6) is 0.585. The van der Waals surface area contributed by atoms with Gasteiger partial charge in [-0.3, -0.25) is 0 Å². The molecule has 0 bridgehead atoms. The minimum atomic E-state index is 0.307. The highest BCUT2D eigenvalue weighted by Gasteiger charge is 2.08. The number of nitrogens with zero attached hydrogens (tertiary/aromatic N) is 1. The van der Waals surface area contributed by atoms with Crippen LogP contribution in [0.3, 0.4) is 0 Å². The van der Waals surface area contributed by atoms with Gasteiger partial charge in [-0.15, -0.1) is 0 Å². The van der Waals surface area contributed by atoms with Gasteiger partial charge in [0.15, 0.2) is 0 Å². The number of rotatable bonds is 6. The Morgan fingerprint density at radius 3 is 2.44 bits per heavy atom. The third-order valence-corrected chi connectivity index (χ3v) is 3.46. The fraction of sp³-hybridized carbons (Fsp3) is 0.625. The lowest BCUT2D eigenvalue weighted by molar-refractivity contribution is 0.621. The summed E-state index contributed by atoms with van der Waals surface area (Å²) in [4.78, 5) is 2.35. The molecule has 0 fully saturated rings. The van der Waals surface area contributed by atoms with E-state index in [1.165, 1.54) is 16.8 Å². The molecule has 0 aliphatic carbocycles. The second-order valence-corrected chi connectivity index (χ2v) is 5.74. The molecule has 2 heteroatoms. The van der Waals surface area contributed by atoms with Gasteiger partial charge in [0.2, 0.25) is 0 Å². The van der Waals surface area contributed by atoms with Crippen molar-refractivity contribution in [2.24, 2.45) is 5.73 Å². The molecular formula is C16H28N2. The summed E-state index contributed by atoms with van der Waals surface area (Å²) in [5, 5.41) is 0. The number of nitrogens with two attached hydrogens (primary N) is 1. The number of hydrogen-bond donors (Lipinski definition) is 1. The lowest BCUT2D eigenvalue weighted by atomic mass is 10.00. The smallest absolute Gasteiger partial charge is 0.0396 e. The van der Waals surface area contributed by atoms with Crippen LogP contribution in [0.15, 0.2) is 18.2 Å². The van der Waals surface area contributed by atoms with Gasteiger partial charge in [0.1, 0.15) is 0 Å². The van der Waals surface area contributed by atoms with Crippen LogP contribution in [-0.4, -0.2) is 19.6 Å². The molecule has 2 N–H and O–H groups in total. The number of hydrogen-bond acceptors (Lipinski definition) is 2. The van der Waals surface area contributed by atoms with Crippen molar-refractivity contribution in [3.8, 4) is 0 Å². The number of anilines is 1. The van der Waals surface area contributed by atoms with E-state index in [0.717, 1.165) is 19.4 Å². The van der Waals surface area contributed by atoms with Crippen LogP contribution in [0, 0.1) is 6.92 Å². The minimum Gasteiger partial charge on any atom is -0.374 e. The fourth-order valence-electron chi connectivity index (χ4n) is 2.17. The number of benzene rings is 1. The average molecular weight is 248 g/mol. The molecule has 0 saturated heterocycles. The number of aryl methyl sites for hydroxylation is 1. The van der Waals surface area contributed by atoms with Crippen molar-refractivity contribution in [2.75, 3.05) is 18.5 Å². The molecule has 1 unspecified atom stereocenters. The van der Waals surface area contributed by atoms with Gasteiger partial charge in [-0.25, -0.2) is 0 Å². The van der Waals surface area contributed by atoms with E-state index in [0.29, 0.717) is 12.0 Å². The largest absolute Gasteiger partial charge is 0.374 e. The molecule has 0 radical (unpaired) electrons. The molecule has 0 aliphatic rings. The minimum absolute atomic E-state index is 0.307. The van der Waals surface area contributed by atoms with Gasteiger partial charge in [0, 0.05) is 25.3 Å². The van der Waals surface area contributed by atoms with E-state index in [1.54, 1.807) is 0 Å². The molecule has 1 aromatic carbocycles. The van der Waals surface area contributed by atoms with E-state index in [9.17, 15) is 0 Å². The molecule has 0 amide bonds. The Labute approximate surface area is 112 Å². The van der Waals surface area contributed by atoms with Crippen LogP contribution in [0.1, 0.15) is 50.7 Å². The molecule has 1 rings (SSSR count). The zero-order chi connectivity index (χ0) is 13.7. The van der Waals surface area contributed by atoms with E-state index in [4.69, 9.17) is 5.73 Å². The molecule has 1 atom stereocenters. The molecule has 1 aromatic rings. The maximum absolute atomic E-state index is 5.79. The highest BCUT2D eigenvalue weighted by atomic mass is 15.1. The van der Waals surface area contributed by atoms with Crippen molar-refractivity contribution in [1.82, 2.24) is 0 Å². The Kier molecular flexibility index (Phi) is 5.67.